The predicted octanol–water partition coefficient (Wildman–Crippen LogP) is 0.593. The van der Waals surface area contributed by atoms with Crippen molar-refractivity contribution in [3.63, 3.8) is 0 Å². The van der Waals surface area contributed by atoms with Crippen molar-refractivity contribution < 1.29 is 5.11 Å². The summed E-state index contributed by atoms with van der Waals surface area (Å²) in [7, 11) is 0. The first-order valence-corrected chi connectivity index (χ1v) is 3.84. The Hall–Kier alpha value is -0.540. The van der Waals surface area contributed by atoms with Crippen LogP contribution in [0.25, 0.3) is 0 Å². The summed E-state index contributed by atoms with van der Waals surface area (Å²) in [5, 5.41) is 12.4. The summed E-state index contributed by atoms with van der Waals surface area (Å²) in [5.74, 6) is 0.840. The van der Waals surface area contributed by atoms with Crippen molar-refractivity contribution in [1.29, 1.82) is 0 Å². The van der Waals surface area contributed by atoms with Crippen LogP contribution in [0.15, 0.2) is 17.6 Å². The Bertz CT molecular complexity index is 180. The largest absolute Gasteiger partial charge is 0.392 e. The molecule has 1 rings (SSSR count). The molecule has 2 N–H and O–H groups in total. The first kappa shape index (κ1) is 11.5. The van der Waals surface area contributed by atoms with Crippen molar-refractivity contribution in [2.24, 2.45) is 10.9 Å². The minimum Gasteiger partial charge on any atom is -0.392 e. The number of halogens is 1. The molecule has 0 aromatic rings. The van der Waals surface area contributed by atoms with E-state index in [0.29, 0.717) is 0 Å². The minimum absolute atomic E-state index is 0. The zero-order valence-electron chi connectivity index (χ0n) is 7.16. The van der Waals surface area contributed by atoms with E-state index in [-0.39, 0.29) is 18.3 Å². The van der Waals surface area contributed by atoms with Gasteiger partial charge in [0.1, 0.15) is 5.84 Å². The molecule has 0 saturated carbocycles. The van der Waals surface area contributed by atoms with Gasteiger partial charge in [0.2, 0.25) is 0 Å². The van der Waals surface area contributed by atoms with Crippen LogP contribution in [0.3, 0.4) is 0 Å². The summed E-state index contributed by atoms with van der Waals surface area (Å²) >= 11 is 0. The smallest absolute Gasteiger partial charge is 0.106 e. The molecule has 1 aliphatic heterocycles. The molecule has 0 fully saturated rings. The van der Waals surface area contributed by atoms with Crippen LogP contribution in [-0.2, 0) is 0 Å². The van der Waals surface area contributed by atoms with Crippen LogP contribution < -0.4 is 5.32 Å². The van der Waals surface area contributed by atoms with Crippen molar-refractivity contribution in [3.05, 3.63) is 12.7 Å². The summed E-state index contributed by atoms with van der Waals surface area (Å²) in [4.78, 5) is 4.20. The standard InChI is InChI=1S/C8H14N2O.ClH/c1-3-7(6(2)11)8-9-4-5-10-8;/h3,6-7,11H,1,4-5H2,2H3,(H,9,10);1H. The molecular formula is C8H15ClN2O. The van der Waals surface area contributed by atoms with Gasteiger partial charge in [-0.3, -0.25) is 4.99 Å². The lowest BCUT2D eigenvalue weighted by molar-refractivity contribution is 0.175. The normalized spacial score (nSPS) is 20.0. The van der Waals surface area contributed by atoms with E-state index in [1.807, 2.05) is 0 Å². The SMILES string of the molecule is C=CC(C1=NCCN1)C(C)O.Cl. The Balaban J connectivity index is 0.00000121. The second-order valence-electron chi connectivity index (χ2n) is 2.70. The topological polar surface area (TPSA) is 44.6 Å². The number of aliphatic hydroxyl groups is 1. The van der Waals surface area contributed by atoms with Crippen LogP contribution in [0, 0.1) is 5.92 Å². The number of hydrogen-bond donors (Lipinski definition) is 2. The average molecular weight is 191 g/mol. The minimum atomic E-state index is -0.406. The molecular weight excluding hydrogens is 176 g/mol. The molecule has 3 nitrogen and oxygen atoms in total. The van der Waals surface area contributed by atoms with Crippen molar-refractivity contribution in [2.45, 2.75) is 13.0 Å². The fourth-order valence-electron chi connectivity index (χ4n) is 1.18. The molecule has 12 heavy (non-hydrogen) atoms. The number of rotatable bonds is 3. The zero-order chi connectivity index (χ0) is 8.27. The monoisotopic (exact) mass is 190 g/mol. The fraction of sp³-hybridized carbons (Fsp3) is 0.625. The van der Waals surface area contributed by atoms with Gasteiger partial charge in [-0.1, -0.05) is 6.08 Å². The average Bonchev–Trinajstić information content (AvgIpc) is 2.40. The van der Waals surface area contributed by atoms with Crippen molar-refractivity contribution in [1.82, 2.24) is 5.32 Å². The van der Waals surface area contributed by atoms with Gasteiger partial charge in [-0.2, -0.15) is 0 Å². The maximum atomic E-state index is 9.28. The van der Waals surface area contributed by atoms with Gasteiger partial charge in [0.05, 0.1) is 18.6 Å². The summed E-state index contributed by atoms with van der Waals surface area (Å²) in [6.07, 6.45) is 1.32. The van der Waals surface area contributed by atoms with Gasteiger partial charge < -0.3 is 10.4 Å². The zero-order valence-corrected chi connectivity index (χ0v) is 7.97. The third-order valence-electron chi connectivity index (χ3n) is 1.79. The van der Waals surface area contributed by atoms with Gasteiger partial charge in [-0.05, 0) is 6.92 Å². The van der Waals surface area contributed by atoms with Gasteiger partial charge in [-0.25, -0.2) is 0 Å². The lowest BCUT2D eigenvalue weighted by Gasteiger charge is -2.15. The highest BCUT2D eigenvalue weighted by Crippen LogP contribution is 2.08. The Kier molecular flexibility index (Phi) is 4.93. The van der Waals surface area contributed by atoms with E-state index in [9.17, 15) is 5.11 Å². The molecule has 1 heterocycles. The van der Waals surface area contributed by atoms with Crippen molar-refractivity contribution >= 4 is 18.2 Å². The molecule has 0 spiro atoms. The van der Waals surface area contributed by atoms with E-state index in [4.69, 9.17) is 0 Å². The first-order valence-electron chi connectivity index (χ1n) is 3.84. The summed E-state index contributed by atoms with van der Waals surface area (Å²) in [5.41, 5.74) is 0. The second-order valence-corrected chi connectivity index (χ2v) is 2.70. The molecule has 70 valence electrons. The molecule has 0 bridgehead atoms. The summed E-state index contributed by atoms with van der Waals surface area (Å²) < 4.78 is 0. The fourth-order valence-corrected chi connectivity index (χ4v) is 1.18. The van der Waals surface area contributed by atoms with E-state index in [1.54, 1.807) is 13.0 Å². The molecule has 1 aliphatic rings. The molecule has 0 aliphatic carbocycles. The van der Waals surface area contributed by atoms with E-state index < -0.39 is 6.10 Å². The Morgan fingerprint density at radius 2 is 2.42 bits per heavy atom. The highest BCUT2D eigenvalue weighted by atomic mass is 35.5. The van der Waals surface area contributed by atoms with E-state index >= 15 is 0 Å². The molecule has 0 radical (unpaired) electrons. The number of aliphatic imine (C=N–C) groups is 1. The molecule has 0 amide bonds. The van der Waals surface area contributed by atoms with E-state index in [2.05, 4.69) is 16.9 Å². The third kappa shape index (κ3) is 2.50. The van der Waals surface area contributed by atoms with Crippen LogP contribution in [-0.4, -0.2) is 30.1 Å². The van der Waals surface area contributed by atoms with Crippen molar-refractivity contribution in [3.8, 4) is 0 Å². The van der Waals surface area contributed by atoms with E-state index in [0.717, 1.165) is 18.9 Å². The molecule has 4 heteroatoms. The van der Waals surface area contributed by atoms with Gasteiger partial charge in [0, 0.05) is 6.54 Å². The van der Waals surface area contributed by atoms with Gasteiger partial charge in [0.15, 0.2) is 0 Å². The van der Waals surface area contributed by atoms with Gasteiger partial charge in [0.25, 0.3) is 0 Å². The van der Waals surface area contributed by atoms with Crippen molar-refractivity contribution in [2.75, 3.05) is 13.1 Å². The molecule has 2 unspecified atom stereocenters. The molecule has 0 aromatic carbocycles. The third-order valence-corrected chi connectivity index (χ3v) is 1.79. The lowest BCUT2D eigenvalue weighted by atomic mass is 10.0. The van der Waals surface area contributed by atoms with Crippen LogP contribution >= 0.6 is 12.4 Å². The summed E-state index contributed by atoms with van der Waals surface area (Å²) in [6.45, 7) is 7.08. The number of hydrogen-bond acceptors (Lipinski definition) is 3. The van der Waals surface area contributed by atoms with Crippen LogP contribution in [0.2, 0.25) is 0 Å². The maximum absolute atomic E-state index is 9.28. The predicted molar refractivity (Wildman–Crippen MR) is 52.9 cm³/mol. The Morgan fingerprint density at radius 1 is 1.75 bits per heavy atom. The summed E-state index contributed by atoms with van der Waals surface area (Å²) in [6, 6.07) is 0. The Labute approximate surface area is 79.0 Å². The molecule has 0 saturated heterocycles. The second kappa shape index (κ2) is 5.17. The van der Waals surface area contributed by atoms with Crippen LogP contribution in [0.5, 0.6) is 0 Å². The number of amidine groups is 1. The van der Waals surface area contributed by atoms with E-state index in [1.165, 1.54) is 0 Å². The number of aliphatic hydroxyl groups excluding tert-OH is 1. The molecule has 0 aromatic heterocycles. The van der Waals surface area contributed by atoms with Gasteiger partial charge >= 0.3 is 0 Å². The highest BCUT2D eigenvalue weighted by Gasteiger charge is 2.19. The first-order chi connectivity index (χ1) is 5.25. The van der Waals surface area contributed by atoms with Crippen LogP contribution in [0.4, 0.5) is 0 Å². The van der Waals surface area contributed by atoms with Gasteiger partial charge in [-0.15, -0.1) is 19.0 Å². The lowest BCUT2D eigenvalue weighted by Crippen LogP contribution is -2.32. The highest BCUT2D eigenvalue weighted by molar-refractivity contribution is 5.87. The maximum Gasteiger partial charge on any atom is 0.106 e. The Morgan fingerprint density at radius 3 is 2.75 bits per heavy atom. The number of nitrogens with zero attached hydrogens (tertiary/aromatic N) is 1. The molecule has 2 atom stereocenters. The van der Waals surface area contributed by atoms with Crippen LogP contribution in [0.1, 0.15) is 6.92 Å². The number of nitrogens with one attached hydrogen (secondary N) is 1. The quantitative estimate of drug-likeness (QED) is 0.640.